The normalized spacial score (nSPS) is 58.2. The molecule has 0 radical (unpaired) electrons. The van der Waals surface area contributed by atoms with Crippen molar-refractivity contribution in [1.82, 2.24) is 0 Å². The van der Waals surface area contributed by atoms with Crippen molar-refractivity contribution in [2.24, 2.45) is 34.5 Å². The van der Waals surface area contributed by atoms with Gasteiger partial charge in [0.15, 0.2) is 5.78 Å². The summed E-state index contributed by atoms with van der Waals surface area (Å²) in [6.07, 6.45) is 7.97. The third kappa shape index (κ3) is 1.94. The zero-order valence-electron chi connectivity index (χ0n) is 17.7. The van der Waals surface area contributed by atoms with Crippen LogP contribution in [-0.4, -0.2) is 16.5 Å². The van der Waals surface area contributed by atoms with Gasteiger partial charge in [0.2, 0.25) is 0 Å². The van der Waals surface area contributed by atoms with Crippen molar-refractivity contribution < 1.29 is 14.0 Å². The molecule has 0 amide bonds. The highest BCUT2D eigenvalue weighted by Crippen LogP contribution is 2.67. The van der Waals surface area contributed by atoms with Crippen molar-refractivity contribution in [3.8, 4) is 0 Å². The maximum absolute atomic E-state index is 12.2. The van der Waals surface area contributed by atoms with Gasteiger partial charge in [-0.1, -0.05) is 19.9 Å². The van der Waals surface area contributed by atoms with Gasteiger partial charge in [-0.2, -0.15) is 0 Å². The predicted molar refractivity (Wildman–Crippen MR) is 91.9 cm³/mol. The van der Waals surface area contributed by atoms with E-state index in [1.54, 1.807) is 0 Å². The van der Waals surface area contributed by atoms with E-state index in [9.17, 15) is 9.90 Å². The molecule has 0 saturated heterocycles. The van der Waals surface area contributed by atoms with Gasteiger partial charge in [0, 0.05) is 10.5 Å². The van der Waals surface area contributed by atoms with Gasteiger partial charge in [-0.15, -0.1) is 0 Å². The molecule has 0 spiro atoms. The molecule has 0 aromatic heterocycles. The Morgan fingerprint density at radius 3 is 2.65 bits per heavy atom. The molecule has 0 unspecified atom stereocenters. The van der Waals surface area contributed by atoms with Crippen molar-refractivity contribution in [3.05, 3.63) is 11.6 Å². The third-order valence-electron chi connectivity index (χ3n) is 8.51. The molecule has 1 N–H and O–H groups in total. The summed E-state index contributed by atoms with van der Waals surface area (Å²) in [6.45, 7) is 3.99. The monoisotopic (exact) mass is 319 g/mol. The molecular weight excluding hydrogens is 284 g/mol. The van der Waals surface area contributed by atoms with Crippen LogP contribution in [-0.2, 0) is 4.79 Å². The maximum atomic E-state index is 12.2. The first-order valence-electron chi connectivity index (χ1n) is 10.9. The minimum Gasteiger partial charge on any atom is -0.390 e. The largest absolute Gasteiger partial charge is 0.390 e. The van der Waals surface area contributed by atoms with Crippen LogP contribution >= 0.6 is 0 Å². The highest BCUT2D eigenvalue weighted by Gasteiger charge is 2.62. The standard InChI is InChI=1S/C21H32O2/c1-13-12-19(2)14(11-18(13)22)5-6-15-16(19)7-9-20(3)17(15)8-10-21(20,4)23/h12,14-17,23H,5-11H2,1-4H3/t14-,15+,16-,17-,19-,20-,21-/m0/s1/i4D3. The summed E-state index contributed by atoms with van der Waals surface area (Å²) in [5.74, 6) is 1.96. The molecule has 3 fully saturated rings. The average molecular weight is 320 g/mol. The summed E-state index contributed by atoms with van der Waals surface area (Å²) in [7, 11) is 0. The van der Waals surface area contributed by atoms with E-state index in [2.05, 4.69) is 13.0 Å². The minimum absolute atomic E-state index is 0.0446. The summed E-state index contributed by atoms with van der Waals surface area (Å²) in [4.78, 5) is 12.2. The van der Waals surface area contributed by atoms with Crippen LogP contribution in [0.25, 0.3) is 0 Å². The van der Waals surface area contributed by atoms with Crippen LogP contribution in [0.4, 0.5) is 0 Å². The van der Waals surface area contributed by atoms with Crippen LogP contribution in [0.1, 0.15) is 76.7 Å². The Kier molecular flexibility index (Phi) is 2.60. The lowest BCUT2D eigenvalue weighted by molar-refractivity contribution is -0.135. The Balaban J connectivity index is 1.71. The molecule has 0 aromatic rings. The number of rotatable bonds is 0. The van der Waals surface area contributed by atoms with E-state index in [4.69, 9.17) is 4.11 Å². The zero-order valence-corrected chi connectivity index (χ0v) is 14.7. The Bertz CT molecular complexity index is 669. The molecule has 7 atom stereocenters. The molecule has 2 nitrogen and oxygen atoms in total. The van der Waals surface area contributed by atoms with Gasteiger partial charge in [0.05, 0.1) is 5.60 Å². The van der Waals surface area contributed by atoms with Gasteiger partial charge in [0.25, 0.3) is 0 Å². The summed E-state index contributed by atoms with van der Waals surface area (Å²) in [6, 6.07) is 0. The maximum Gasteiger partial charge on any atom is 0.158 e. The van der Waals surface area contributed by atoms with E-state index < -0.39 is 17.9 Å². The Hall–Kier alpha value is -0.630. The lowest BCUT2D eigenvalue weighted by atomic mass is 9.45. The second kappa shape index (κ2) is 4.71. The van der Waals surface area contributed by atoms with Crippen molar-refractivity contribution in [2.75, 3.05) is 0 Å². The SMILES string of the molecule is [2H]C([2H])([2H])[C@]1(O)CC[C@H]2[C@@H]3CC[C@H]4CC(=O)C(C)=C[C@]4(C)[C@H]3CC[C@@]21C. The van der Waals surface area contributed by atoms with Gasteiger partial charge < -0.3 is 5.11 Å². The van der Waals surface area contributed by atoms with Crippen LogP contribution < -0.4 is 0 Å². The fourth-order valence-corrected chi connectivity index (χ4v) is 6.96. The quantitative estimate of drug-likeness (QED) is 0.713. The van der Waals surface area contributed by atoms with Gasteiger partial charge >= 0.3 is 0 Å². The van der Waals surface area contributed by atoms with Gasteiger partial charge in [0.1, 0.15) is 0 Å². The summed E-state index contributed by atoms with van der Waals surface area (Å²) < 4.78 is 23.9. The van der Waals surface area contributed by atoms with Gasteiger partial charge in [-0.25, -0.2) is 0 Å². The second-order valence-electron chi connectivity index (χ2n) is 9.33. The number of aliphatic hydroxyl groups is 1. The Morgan fingerprint density at radius 2 is 1.91 bits per heavy atom. The van der Waals surface area contributed by atoms with E-state index in [0.717, 1.165) is 37.7 Å². The third-order valence-corrected chi connectivity index (χ3v) is 8.51. The molecule has 4 rings (SSSR count). The van der Waals surface area contributed by atoms with Crippen LogP contribution in [0.2, 0.25) is 0 Å². The van der Waals surface area contributed by atoms with Crippen molar-refractivity contribution in [1.29, 1.82) is 0 Å². The van der Waals surface area contributed by atoms with Crippen LogP contribution in [0.15, 0.2) is 11.6 Å². The van der Waals surface area contributed by atoms with Crippen LogP contribution in [0.5, 0.6) is 0 Å². The first kappa shape index (κ1) is 12.7. The lowest BCUT2D eigenvalue weighted by Crippen LogP contribution is -2.55. The number of carbonyl (C=O) groups is 1. The molecule has 0 heterocycles. The second-order valence-corrected chi connectivity index (χ2v) is 9.33. The van der Waals surface area contributed by atoms with E-state index >= 15 is 0 Å². The molecule has 2 heteroatoms. The van der Waals surface area contributed by atoms with Gasteiger partial charge in [-0.05, 0) is 92.4 Å². The fraction of sp³-hybridized carbons (Fsp3) is 0.857. The lowest BCUT2D eigenvalue weighted by Gasteiger charge is -2.59. The number of fused-ring (bicyclic) bond motifs is 5. The summed E-state index contributed by atoms with van der Waals surface area (Å²) >= 11 is 0. The minimum atomic E-state index is -2.32. The first-order valence-corrected chi connectivity index (χ1v) is 9.39. The molecule has 0 aliphatic heterocycles. The van der Waals surface area contributed by atoms with Crippen molar-refractivity contribution in [3.63, 3.8) is 0 Å². The molecule has 4 aliphatic carbocycles. The van der Waals surface area contributed by atoms with E-state index in [1.165, 1.54) is 0 Å². The Labute approximate surface area is 144 Å². The number of hydrogen-bond donors (Lipinski definition) is 1. The van der Waals surface area contributed by atoms with E-state index in [-0.39, 0.29) is 11.3 Å². The topological polar surface area (TPSA) is 37.3 Å². The molecular formula is C21H32O2. The van der Waals surface area contributed by atoms with Crippen molar-refractivity contribution in [2.45, 2.75) is 78.2 Å². The number of ketones is 1. The molecule has 23 heavy (non-hydrogen) atoms. The summed E-state index contributed by atoms with van der Waals surface area (Å²) in [5, 5.41) is 11.2. The van der Waals surface area contributed by atoms with Crippen LogP contribution in [0, 0.1) is 34.5 Å². The summed E-state index contributed by atoms with van der Waals surface area (Å²) in [5.41, 5.74) is -1.13. The number of Topliss-reactive ketones (excluding diaryl/α,β-unsaturated/α-hetero) is 1. The smallest absolute Gasteiger partial charge is 0.158 e. The molecule has 0 bridgehead atoms. The molecule has 4 aliphatic rings. The molecule has 128 valence electrons. The highest BCUT2D eigenvalue weighted by molar-refractivity contribution is 5.96. The van der Waals surface area contributed by atoms with Crippen LogP contribution in [0.3, 0.4) is 0 Å². The van der Waals surface area contributed by atoms with Gasteiger partial charge in [-0.3, -0.25) is 4.79 Å². The van der Waals surface area contributed by atoms with E-state index in [0.29, 0.717) is 36.4 Å². The number of allylic oxidation sites excluding steroid dienone is 2. The number of carbonyl (C=O) groups excluding carboxylic acids is 1. The molecule has 0 aromatic carbocycles. The molecule has 3 saturated carbocycles. The van der Waals surface area contributed by atoms with Crippen molar-refractivity contribution >= 4 is 5.78 Å². The number of hydrogen-bond acceptors (Lipinski definition) is 2. The average Bonchev–Trinajstić information content (AvgIpc) is 2.82. The zero-order chi connectivity index (χ0) is 19.1. The van der Waals surface area contributed by atoms with E-state index in [1.807, 2.05) is 13.8 Å². The first-order chi connectivity index (χ1) is 11.9. The predicted octanol–water partition coefficient (Wildman–Crippen LogP) is 4.52. The fourth-order valence-electron chi connectivity index (χ4n) is 6.96. The Morgan fingerprint density at radius 1 is 1.17 bits per heavy atom. The highest BCUT2D eigenvalue weighted by atomic mass is 16.3.